The van der Waals surface area contributed by atoms with E-state index in [0.29, 0.717) is 36.9 Å². The van der Waals surface area contributed by atoms with Crippen molar-refractivity contribution in [1.29, 1.82) is 0 Å². The van der Waals surface area contributed by atoms with Crippen molar-refractivity contribution < 1.29 is 32.9 Å². The first-order valence-electron chi connectivity index (χ1n) is 16.4. The molecule has 7 atom stereocenters. The van der Waals surface area contributed by atoms with E-state index in [0.717, 1.165) is 37.8 Å². The number of ether oxygens (including phenoxy) is 2. The third kappa shape index (κ3) is 6.69. The van der Waals surface area contributed by atoms with Crippen LogP contribution in [0.3, 0.4) is 0 Å². The molecule has 2 aliphatic heterocycles. The van der Waals surface area contributed by atoms with Gasteiger partial charge in [0.25, 0.3) is 5.91 Å². The summed E-state index contributed by atoms with van der Waals surface area (Å²) in [6, 6.07) is 11.2. The third-order valence-electron chi connectivity index (χ3n) is 10.6. The Labute approximate surface area is 277 Å². The number of allylic oxidation sites excluding steroid dienone is 1. The van der Waals surface area contributed by atoms with Crippen LogP contribution in [0.15, 0.2) is 48.6 Å². The number of hydrogen-bond donors (Lipinski definition) is 3. The van der Waals surface area contributed by atoms with E-state index in [-0.39, 0.29) is 35.8 Å². The Morgan fingerprint density at radius 2 is 2.04 bits per heavy atom. The first kappa shape index (κ1) is 33.3. The molecule has 0 aromatic heterocycles. The smallest absolute Gasteiger partial charge is 0.264 e. The van der Waals surface area contributed by atoms with Crippen molar-refractivity contribution >= 4 is 33.2 Å². The summed E-state index contributed by atoms with van der Waals surface area (Å²) in [5.41, 5.74) is 3.12. The Balaban J connectivity index is 1.40. The van der Waals surface area contributed by atoms with Crippen LogP contribution in [0, 0.1) is 17.8 Å². The van der Waals surface area contributed by atoms with E-state index in [1.165, 1.54) is 18.2 Å². The van der Waals surface area contributed by atoms with Gasteiger partial charge in [0.05, 0.1) is 36.4 Å². The fraction of sp³-hybridized carbons (Fsp3) is 0.571. The van der Waals surface area contributed by atoms with Gasteiger partial charge in [0.2, 0.25) is 10.0 Å². The second-order valence-corrected chi connectivity index (χ2v) is 16.1. The van der Waals surface area contributed by atoms with Gasteiger partial charge in [-0.1, -0.05) is 36.7 Å². The predicted octanol–water partition coefficient (Wildman–Crippen LogP) is 4.62. The molecule has 0 unspecified atom stereocenters. The Hall–Kier alpha value is -2.63. The zero-order valence-electron chi connectivity index (χ0n) is 26.5. The van der Waals surface area contributed by atoms with Gasteiger partial charge in [0.15, 0.2) is 0 Å². The summed E-state index contributed by atoms with van der Waals surface area (Å²) >= 11 is 6.40. The summed E-state index contributed by atoms with van der Waals surface area (Å²) in [4.78, 5) is 15.9. The number of nitrogens with zero attached hydrogens (tertiary/aromatic N) is 1. The molecule has 1 fully saturated rings. The molecule has 250 valence electrons. The van der Waals surface area contributed by atoms with Crippen LogP contribution in [0.2, 0.25) is 5.02 Å². The van der Waals surface area contributed by atoms with Crippen LogP contribution in [0.25, 0.3) is 0 Å². The molecule has 1 amide bonds. The van der Waals surface area contributed by atoms with Crippen molar-refractivity contribution in [2.24, 2.45) is 17.8 Å². The zero-order valence-corrected chi connectivity index (χ0v) is 28.1. The molecule has 1 spiro atoms. The molecule has 2 heterocycles. The Kier molecular flexibility index (Phi) is 9.75. The molecular formula is C35H45ClN2O7S. The van der Waals surface area contributed by atoms with E-state index in [4.69, 9.17) is 21.1 Å². The van der Waals surface area contributed by atoms with Gasteiger partial charge >= 0.3 is 0 Å². The number of methoxy groups -OCH3 is 1. The second-order valence-electron chi connectivity index (χ2n) is 13.8. The maximum Gasteiger partial charge on any atom is 0.264 e. The van der Waals surface area contributed by atoms with E-state index in [9.17, 15) is 23.4 Å². The number of halogens is 1. The van der Waals surface area contributed by atoms with Crippen molar-refractivity contribution in [3.05, 3.63) is 70.3 Å². The van der Waals surface area contributed by atoms with Crippen LogP contribution < -0.4 is 14.4 Å². The number of fused-ring (bicyclic) bond motifs is 4. The highest BCUT2D eigenvalue weighted by Gasteiger charge is 2.44. The van der Waals surface area contributed by atoms with Crippen molar-refractivity contribution in [2.75, 3.05) is 38.3 Å². The van der Waals surface area contributed by atoms with Crippen LogP contribution in [-0.4, -0.2) is 75.4 Å². The molecule has 11 heteroatoms. The van der Waals surface area contributed by atoms with Gasteiger partial charge in [-0.3, -0.25) is 4.79 Å². The first-order chi connectivity index (χ1) is 22.0. The molecule has 2 aromatic carbocycles. The highest BCUT2D eigenvalue weighted by atomic mass is 35.5. The Bertz CT molecular complexity index is 1580. The number of carbonyl (C=O) groups excluding carboxylic acids is 1. The first-order valence-corrected chi connectivity index (χ1v) is 18.3. The largest absolute Gasteiger partial charge is 0.490 e. The second kappa shape index (κ2) is 13.5. The van der Waals surface area contributed by atoms with E-state index < -0.39 is 39.3 Å². The molecule has 6 rings (SSSR count). The zero-order chi connectivity index (χ0) is 32.6. The molecule has 46 heavy (non-hydrogen) atoms. The van der Waals surface area contributed by atoms with Gasteiger partial charge in [-0.05, 0) is 104 Å². The summed E-state index contributed by atoms with van der Waals surface area (Å²) in [5.74, 6) is -0.224. The lowest BCUT2D eigenvalue weighted by atomic mass is 9.68. The molecule has 2 bridgehead atoms. The lowest BCUT2D eigenvalue weighted by Gasteiger charge is -2.45. The molecule has 4 aliphatic rings. The van der Waals surface area contributed by atoms with Crippen LogP contribution in [0.1, 0.15) is 66.9 Å². The van der Waals surface area contributed by atoms with Crippen molar-refractivity contribution in [3.63, 3.8) is 0 Å². The minimum absolute atomic E-state index is 0.0238. The van der Waals surface area contributed by atoms with Crippen LogP contribution in [-0.2, 0) is 26.6 Å². The third-order valence-corrected chi connectivity index (χ3v) is 12.8. The molecule has 9 nitrogen and oxygen atoms in total. The molecule has 1 saturated carbocycles. The Morgan fingerprint density at radius 3 is 2.80 bits per heavy atom. The number of benzene rings is 2. The quantitative estimate of drug-likeness (QED) is 0.402. The van der Waals surface area contributed by atoms with Crippen molar-refractivity contribution in [1.82, 2.24) is 4.72 Å². The molecule has 2 aromatic rings. The maximum absolute atomic E-state index is 13.7. The fourth-order valence-corrected chi connectivity index (χ4v) is 9.91. The lowest BCUT2D eigenvalue weighted by molar-refractivity contribution is 0.0455. The normalized spacial score (nSPS) is 32.2. The monoisotopic (exact) mass is 672 g/mol. The average molecular weight is 673 g/mol. The predicted molar refractivity (Wildman–Crippen MR) is 178 cm³/mol. The number of sulfonamides is 1. The number of aryl methyl sites for hydroxylation is 1. The summed E-state index contributed by atoms with van der Waals surface area (Å²) in [5, 5.41) is 21.4. The van der Waals surface area contributed by atoms with Crippen LogP contribution in [0.4, 0.5) is 5.69 Å². The molecule has 0 radical (unpaired) electrons. The van der Waals surface area contributed by atoms with E-state index in [2.05, 4.69) is 21.8 Å². The molecule has 0 saturated heterocycles. The maximum atomic E-state index is 13.7. The highest BCUT2D eigenvalue weighted by Crippen LogP contribution is 2.46. The SMILES string of the molecule is COC[C@@H](O)C[C@H]1[C@@H](C)C/C=C/[C@H](O)[C@@H]2CC[C@H]2CN2C[C@@]3(CCCc4cc(Cl)ccc43)COc3ccc(cc32)C(=O)NS1(=O)=O. The minimum atomic E-state index is -4.20. The summed E-state index contributed by atoms with van der Waals surface area (Å²) in [6.45, 7) is 3.56. The summed E-state index contributed by atoms with van der Waals surface area (Å²) in [6.07, 6.45) is 6.98. The number of aliphatic hydroxyl groups excluding tert-OH is 2. The number of aliphatic hydroxyl groups is 2. The summed E-state index contributed by atoms with van der Waals surface area (Å²) < 4.78 is 41.3. The van der Waals surface area contributed by atoms with Gasteiger partial charge in [-0.15, -0.1) is 0 Å². The highest BCUT2D eigenvalue weighted by molar-refractivity contribution is 7.90. The topological polar surface area (TPSA) is 125 Å². The van der Waals surface area contributed by atoms with Gasteiger partial charge < -0.3 is 24.6 Å². The molecule has 2 aliphatic carbocycles. The average Bonchev–Trinajstić information content (AvgIpc) is 3.14. The van der Waals surface area contributed by atoms with Crippen molar-refractivity contribution in [2.45, 2.75) is 74.7 Å². The number of anilines is 1. The van der Waals surface area contributed by atoms with Gasteiger partial charge in [0.1, 0.15) is 5.75 Å². The molecular weight excluding hydrogens is 628 g/mol. The fourth-order valence-electron chi connectivity index (χ4n) is 7.99. The number of nitrogens with one attached hydrogen (secondary N) is 1. The van der Waals surface area contributed by atoms with E-state index in [1.54, 1.807) is 31.2 Å². The van der Waals surface area contributed by atoms with E-state index >= 15 is 0 Å². The van der Waals surface area contributed by atoms with Crippen LogP contribution >= 0.6 is 11.6 Å². The summed E-state index contributed by atoms with van der Waals surface area (Å²) in [7, 11) is -2.76. The van der Waals surface area contributed by atoms with Gasteiger partial charge in [-0.2, -0.15) is 0 Å². The number of amides is 1. The molecule has 3 N–H and O–H groups in total. The van der Waals surface area contributed by atoms with Crippen molar-refractivity contribution in [3.8, 4) is 5.75 Å². The number of carbonyl (C=O) groups is 1. The van der Waals surface area contributed by atoms with Gasteiger partial charge in [-0.25, -0.2) is 13.1 Å². The Morgan fingerprint density at radius 1 is 1.22 bits per heavy atom. The van der Waals surface area contributed by atoms with Gasteiger partial charge in [0, 0.05) is 36.2 Å². The lowest BCUT2D eigenvalue weighted by Crippen LogP contribution is -2.49. The number of rotatable bonds is 4. The standard InChI is InChI=1S/C35H45ClN2O7S/c1-22-5-3-7-31(40)28-11-8-25(28)18-38-20-35(14-4-6-23-15-26(36)10-12-29(23)35)21-45-32-13-9-24(16-30(32)38)34(41)37-46(42,43)33(22)17-27(39)19-44-2/h3,7,9-10,12-13,15-16,22,25,27-28,31,33,39-40H,4-6,8,11,14,17-21H2,1-2H3,(H,37,41)/b7-3+/t22-,25-,27-,28+,31-,33-,35-/m0/s1. The van der Waals surface area contributed by atoms with Crippen LogP contribution in [0.5, 0.6) is 5.75 Å². The van der Waals surface area contributed by atoms with E-state index in [1.807, 2.05) is 12.1 Å². The number of hydrogen-bond acceptors (Lipinski definition) is 8. The minimum Gasteiger partial charge on any atom is -0.490 e.